The number of rotatable bonds is 17. The normalized spacial score (nSPS) is 21.2. The molecule has 458 valence electrons. The number of benzene rings is 3. The summed E-state index contributed by atoms with van der Waals surface area (Å²) in [5, 5.41) is 33.5. The molecule has 5 N–H and O–H groups in total. The summed E-state index contributed by atoms with van der Waals surface area (Å²) < 4.78 is 23.5. The number of phenolic OH excluding ortho intramolecular Hbond substituents is 1. The second-order valence-electron chi connectivity index (χ2n) is 25.8. The first-order valence-electron chi connectivity index (χ1n) is 31.1. The molecule has 4 unspecified atom stereocenters. The van der Waals surface area contributed by atoms with E-state index >= 15 is 4.39 Å². The Labute approximate surface area is 511 Å². The number of phenols is 1. The zero-order valence-electron chi connectivity index (χ0n) is 50.6. The molecule has 5 saturated heterocycles. The van der Waals surface area contributed by atoms with Crippen LogP contribution in [0.1, 0.15) is 119 Å². The molecule has 0 aliphatic carbocycles. The van der Waals surface area contributed by atoms with Gasteiger partial charge in [-0.05, 0) is 135 Å². The molecule has 3 amide bonds. The van der Waals surface area contributed by atoms with Crippen molar-refractivity contribution < 1.29 is 33.7 Å². The Kier molecular flexibility index (Phi) is 17.4. The highest BCUT2D eigenvalue weighted by Gasteiger charge is 2.45. The summed E-state index contributed by atoms with van der Waals surface area (Å²) in [6.07, 6.45) is 12.3. The number of aliphatic hydroxyl groups is 1. The Morgan fingerprint density at radius 3 is 2.28 bits per heavy atom. The van der Waals surface area contributed by atoms with Gasteiger partial charge in [0, 0.05) is 69.5 Å². The van der Waals surface area contributed by atoms with Gasteiger partial charge < -0.3 is 45.6 Å². The van der Waals surface area contributed by atoms with Gasteiger partial charge in [0.25, 0.3) is 5.91 Å². The molecule has 0 saturated carbocycles. The van der Waals surface area contributed by atoms with Crippen LogP contribution in [-0.4, -0.2) is 157 Å². The summed E-state index contributed by atoms with van der Waals surface area (Å²) in [5.74, 6) is 0.650. The van der Waals surface area contributed by atoms with E-state index in [0.29, 0.717) is 59.7 Å². The number of aliphatic hydroxyl groups excluding tert-OH is 1. The minimum atomic E-state index is -1.02. The summed E-state index contributed by atoms with van der Waals surface area (Å²) in [4.78, 5) is 79.4. The molecule has 19 nitrogen and oxygen atoms in total. The minimum absolute atomic E-state index is 0.0316. The van der Waals surface area contributed by atoms with Crippen LogP contribution in [0.5, 0.6) is 11.8 Å². The van der Waals surface area contributed by atoms with Gasteiger partial charge in [-0.3, -0.25) is 24.3 Å². The minimum Gasteiger partial charge on any atom is -0.508 e. The van der Waals surface area contributed by atoms with Crippen molar-refractivity contribution >= 4 is 62.4 Å². The fourth-order valence-corrected chi connectivity index (χ4v) is 14.7. The van der Waals surface area contributed by atoms with Crippen LogP contribution < -0.4 is 30.5 Å². The van der Waals surface area contributed by atoms with Gasteiger partial charge >= 0.3 is 6.01 Å². The number of anilines is 2. The summed E-state index contributed by atoms with van der Waals surface area (Å²) in [6, 6.07) is 15.7. The second-order valence-corrected chi connectivity index (χ2v) is 26.6. The molecule has 0 radical (unpaired) electrons. The Morgan fingerprint density at radius 1 is 0.862 bits per heavy atom. The van der Waals surface area contributed by atoms with Crippen molar-refractivity contribution in [2.75, 3.05) is 68.8 Å². The van der Waals surface area contributed by atoms with E-state index in [1.165, 1.54) is 17.5 Å². The SMILES string of the molecule is CCc1cccc2cc(O)cc(-c3ncc4c(N5CC6CCC(C5)N6)nc(OCCN5CCC(CC6CCN(c7cnc(C(=O)NC(C(=O)N8C[C@H](O)C[C@H]8C(=O)NC(C)c8ccc(-c9scnc9C)cc8)C(C)(C)C)cn7)CC6)CC5)nc4c3F)c12. The monoisotopic (exact) mass is 1200 g/mol. The van der Waals surface area contributed by atoms with Gasteiger partial charge in [-0.25, -0.2) is 19.3 Å². The highest BCUT2D eigenvalue weighted by molar-refractivity contribution is 7.13. The number of ether oxygens (including phenoxy) is 1. The molecule has 87 heavy (non-hydrogen) atoms. The van der Waals surface area contributed by atoms with Crippen LogP contribution in [0.3, 0.4) is 0 Å². The number of aryl methyl sites for hydroxylation is 2. The fraction of sp³-hybridized carbons (Fsp3) is 0.500. The largest absolute Gasteiger partial charge is 0.508 e. The number of nitrogens with zero attached hydrogens (tertiary/aromatic N) is 10. The predicted molar refractivity (Wildman–Crippen MR) is 335 cm³/mol. The molecule has 5 aliphatic heterocycles. The summed E-state index contributed by atoms with van der Waals surface area (Å²) in [6.45, 7) is 17.6. The number of aromatic nitrogens is 6. The van der Waals surface area contributed by atoms with Crippen molar-refractivity contribution in [2.24, 2.45) is 17.3 Å². The van der Waals surface area contributed by atoms with Gasteiger partial charge in [-0.2, -0.15) is 9.97 Å². The number of nitrogens with one attached hydrogen (secondary N) is 3. The van der Waals surface area contributed by atoms with E-state index in [0.717, 1.165) is 122 Å². The number of piperidine rings is 2. The number of carbonyl (C=O) groups excluding carboxylic acids is 3. The maximum Gasteiger partial charge on any atom is 0.319 e. The number of fused-ring (bicyclic) bond motifs is 4. The first-order valence-corrected chi connectivity index (χ1v) is 32.0. The summed E-state index contributed by atoms with van der Waals surface area (Å²) in [7, 11) is 0. The number of pyridine rings is 1. The van der Waals surface area contributed by atoms with Crippen molar-refractivity contribution in [2.45, 2.75) is 136 Å². The standard InChI is InChI=1S/C66H80FN13O6S/c1-7-42-9-8-10-45-28-48(81)29-50(55(42)45)57-56(67)58-51(31-70-57)61(79-34-46-15-16-47(35-79)73-46)76-65(74-58)86-26-25-77-21-17-40(18-22-77)27-41-19-23-78(24-20-41)54-33-68-52(32-69-54)62(83)75-60(66(4,5)6)64(85)80-36-49(82)30-53(80)63(84)72-38(2)43-11-13-44(14-12-43)59-39(3)71-37-87-59/h8-14,28-29,31-33,37-38,40-41,46-47,49,53,60,73,81-82H,7,15-27,30,34-36H2,1-6H3,(H,72,84)(H,75,83)/t38?,46?,47?,49-,53+,60?/m1/s1. The van der Waals surface area contributed by atoms with Gasteiger partial charge in [0.1, 0.15) is 53.0 Å². The number of aromatic hydroxyl groups is 1. The molecule has 9 heterocycles. The molecular weight excluding hydrogens is 1120 g/mol. The lowest BCUT2D eigenvalue weighted by Gasteiger charge is -2.37. The Bertz CT molecular complexity index is 3630. The number of hydrogen-bond donors (Lipinski definition) is 5. The highest BCUT2D eigenvalue weighted by atomic mass is 32.1. The lowest BCUT2D eigenvalue weighted by Crippen LogP contribution is -2.58. The van der Waals surface area contributed by atoms with E-state index in [1.807, 2.05) is 82.6 Å². The lowest BCUT2D eigenvalue weighted by molar-refractivity contribution is -0.142. The maximum atomic E-state index is 17.1. The fourth-order valence-electron chi connectivity index (χ4n) is 13.9. The topological polar surface area (TPSA) is 227 Å². The average molecular weight is 1200 g/mol. The van der Waals surface area contributed by atoms with Gasteiger partial charge in [0.2, 0.25) is 11.8 Å². The number of likely N-dealkylation sites (tertiary alicyclic amines) is 2. The molecule has 4 aromatic heterocycles. The third kappa shape index (κ3) is 12.9. The summed E-state index contributed by atoms with van der Waals surface area (Å²) in [5.41, 5.74) is 5.92. The van der Waals surface area contributed by atoms with Crippen LogP contribution in [0, 0.1) is 30.0 Å². The molecule has 21 heteroatoms. The molecule has 6 atom stereocenters. The van der Waals surface area contributed by atoms with E-state index in [9.17, 15) is 24.6 Å². The number of β-amino-alcohol motifs (C(OH)–C–C–N with tert-alkyl or cyclic N) is 1. The molecule has 5 aliphatic rings. The van der Waals surface area contributed by atoms with Crippen molar-refractivity contribution in [1.82, 2.24) is 55.7 Å². The number of thiazole rings is 1. The lowest BCUT2D eigenvalue weighted by atomic mass is 9.83. The predicted octanol–water partition coefficient (Wildman–Crippen LogP) is 8.80. The van der Waals surface area contributed by atoms with Crippen molar-refractivity contribution in [3.8, 4) is 33.5 Å². The third-order valence-electron chi connectivity index (χ3n) is 18.7. The van der Waals surface area contributed by atoms with Crippen molar-refractivity contribution in [3.05, 3.63) is 107 Å². The number of piperazine rings is 1. The summed E-state index contributed by atoms with van der Waals surface area (Å²) >= 11 is 1.58. The average Bonchev–Trinajstić information content (AvgIpc) is 2.69. The number of carbonyl (C=O) groups is 3. The Morgan fingerprint density at radius 2 is 1.60 bits per heavy atom. The van der Waals surface area contributed by atoms with Crippen LogP contribution in [0.15, 0.2) is 78.7 Å². The van der Waals surface area contributed by atoms with Crippen molar-refractivity contribution in [3.63, 3.8) is 0 Å². The molecular formula is C66H80FN13O6S. The van der Waals surface area contributed by atoms with E-state index in [-0.39, 0.29) is 53.6 Å². The number of halogens is 1. The van der Waals surface area contributed by atoms with Gasteiger partial charge in [-0.1, -0.05) is 70.2 Å². The first kappa shape index (κ1) is 59.9. The number of amides is 3. The smallest absolute Gasteiger partial charge is 0.319 e. The Balaban J connectivity index is 0.616. The molecule has 7 aromatic rings. The van der Waals surface area contributed by atoms with Crippen LogP contribution >= 0.6 is 11.3 Å². The van der Waals surface area contributed by atoms with E-state index in [4.69, 9.17) is 19.7 Å². The molecule has 3 aromatic carbocycles. The van der Waals surface area contributed by atoms with Crippen LogP contribution in [0.2, 0.25) is 0 Å². The maximum absolute atomic E-state index is 17.1. The molecule has 5 fully saturated rings. The van der Waals surface area contributed by atoms with Crippen LogP contribution in [0.25, 0.3) is 43.4 Å². The third-order valence-corrected chi connectivity index (χ3v) is 19.7. The van der Waals surface area contributed by atoms with Crippen molar-refractivity contribution in [1.29, 1.82) is 0 Å². The number of hydrogen-bond acceptors (Lipinski definition) is 17. The van der Waals surface area contributed by atoms with Gasteiger partial charge in [0.15, 0.2) is 5.82 Å². The van der Waals surface area contributed by atoms with E-state index in [1.54, 1.807) is 35.9 Å². The van der Waals surface area contributed by atoms with Gasteiger partial charge in [0.05, 0.1) is 46.0 Å². The highest BCUT2D eigenvalue weighted by Crippen LogP contribution is 2.40. The van der Waals surface area contributed by atoms with Crippen LogP contribution in [0.4, 0.5) is 16.0 Å². The second kappa shape index (κ2) is 25.3. The van der Waals surface area contributed by atoms with E-state index < -0.39 is 41.2 Å². The van der Waals surface area contributed by atoms with E-state index in [2.05, 4.69) is 52.5 Å². The molecule has 2 bridgehead atoms. The first-order chi connectivity index (χ1) is 41.9. The quantitative estimate of drug-likeness (QED) is 0.0574. The van der Waals surface area contributed by atoms with Gasteiger partial charge in [-0.15, -0.1) is 11.3 Å². The zero-order valence-corrected chi connectivity index (χ0v) is 51.5. The molecule has 0 spiro atoms. The van der Waals surface area contributed by atoms with Crippen LogP contribution in [-0.2, 0) is 16.0 Å². The Hall–Kier alpha value is -7.46. The zero-order chi connectivity index (χ0) is 60.7. The molecule has 12 rings (SSSR count).